The first-order valence-electron chi connectivity index (χ1n) is 5.41. The van der Waals surface area contributed by atoms with E-state index in [0.29, 0.717) is 17.9 Å². The molecule has 2 rings (SSSR count). The molecule has 0 unspecified atom stereocenters. The van der Waals surface area contributed by atoms with Gasteiger partial charge >= 0.3 is 0 Å². The van der Waals surface area contributed by atoms with Crippen molar-refractivity contribution in [3.05, 3.63) is 61.4 Å². The van der Waals surface area contributed by atoms with E-state index in [9.17, 15) is 9.18 Å². The Hall–Kier alpha value is -0.950. The fraction of sp³-hybridized carbons (Fsp3) is 0.0714. The lowest BCUT2D eigenvalue weighted by molar-refractivity contribution is 0.112. The van der Waals surface area contributed by atoms with E-state index in [1.807, 2.05) is 0 Å². The van der Waals surface area contributed by atoms with Crippen molar-refractivity contribution in [1.29, 1.82) is 0 Å². The van der Waals surface area contributed by atoms with Crippen LogP contribution >= 0.6 is 38.5 Å². The van der Waals surface area contributed by atoms with Gasteiger partial charge in [0.2, 0.25) is 0 Å². The molecule has 0 aliphatic carbocycles. The maximum atomic E-state index is 12.8. The van der Waals surface area contributed by atoms with Gasteiger partial charge in [0.05, 0.1) is 8.04 Å². The molecule has 0 bridgehead atoms. The van der Waals surface area contributed by atoms with Crippen molar-refractivity contribution in [2.75, 3.05) is 0 Å². The molecule has 98 valence electrons. The number of hydrogen-bond acceptors (Lipinski definition) is 2. The van der Waals surface area contributed by atoms with Crippen molar-refractivity contribution in [1.82, 2.24) is 0 Å². The summed E-state index contributed by atoms with van der Waals surface area (Å²) in [6.07, 6.45) is 0.788. The maximum absolute atomic E-state index is 12.8. The monoisotopic (exact) mass is 434 g/mol. The molecule has 0 heterocycles. The molecule has 2 aromatic carbocycles. The van der Waals surface area contributed by atoms with Gasteiger partial charge in [-0.2, -0.15) is 0 Å². The molecule has 0 aliphatic heterocycles. The molecule has 0 radical (unpaired) electrons. The minimum absolute atomic E-state index is 0.269. The van der Waals surface area contributed by atoms with Crippen LogP contribution in [0, 0.1) is 9.39 Å². The molecule has 0 atom stereocenters. The maximum Gasteiger partial charge on any atom is 0.150 e. The molecule has 0 fully saturated rings. The molecule has 0 aromatic heterocycles. The number of aldehydes is 1. The molecule has 0 spiro atoms. The molecule has 19 heavy (non-hydrogen) atoms. The van der Waals surface area contributed by atoms with Crippen LogP contribution in [0.2, 0.25) is 0 Å². The van der Waals surface area contributed by atoms with Crippen LogP contribution in [0.5, 0.6) is 5.75 Å². The number of rotatable bonds is 4. The highest BCUT2D eigenvalue weighted by molar-refractivity contribution is 14.1. The van der Waals surface area contributed by atoms with Gasteiger partial charge in [-0.25, -0.2) is 4.39 Å². The number of halogens is 3. The standard InChI is InChI=1S/C14H9BrFIO2/c15-12-5-10(7-18)6-13(17)14(12)19-8-9-1-3-11(16)4-2-9/h1-7H,8H2. The predicted molar refractivity (Wildman–Crippen MR) is 83.0 cm³/mol. The number of benzene rings is 2. The third kappa shape index (κ3) is 3.76. The van der Waals surface area contributed by atoms with Crippen LogP contribution in [0.25, 0.3) is 0 Å². The van der Waals surface area contributed by atoms with E-state index in [0.717, 1.165) is 19.9 Å². The van der Waals surface area contributed by atoms with Crippen LogP contribution in [0.3, 0.4) is 0 Å². The summed E-state index contributed by atoms with van der Waals surface area (Å²) >= 11 is 5.48. The summed E-state index contributed by atoms with van der Waals surface area (Å²) < 4.78 is 20.0. The molecular formula is C14H9BrFIO2. The molecule has 0 aliphatic rings. The van der Waals surface area contributed by atoms with Crippen LogP contribution in [-0.2, 0) is 6.61 Å². The van der Waals surface area contributed by atoms with E-state index in [4.69, 9.17) is 4.74 Å². The van der Waals surface area contributed by atoms with Crippen molar-refractivity contribution in [3.8, 4) is 5.75 Å². The first-order chi connectivity index (χ1) is 9.10. The van der Waals surface area contributed by atoms with Gasteiger partial charge < -0.3 is 4.74 Å². The highest BCUT2D eigenvalue weighted by atomic mass is 127. The van der Waals surface area contributed by atoms with E-state index in [-0.39, 0.29) is 5.82 Å². The lowest BCUT2D eigenvalue weighted by Gasteiger charge is -2.11. The molecular weight excluding hydrogens is 426 g/mol. The summed E-state index contributed by atoms with van der Waals surface area (Å²) in [6, 6.07) is 9.60. The predicted octanol–water partition coefficient (Wildman–Crippen LogP) is 4.58. The third-order valence-corrected chi connectivity index (χ3v) is 3.84. The summed E-state index contributed by atoms with van der Waals surface area (Å²) in [6.45, 7) is 0.343. The Kier molecular flexibility index (Phi) is 4.93. The summed E-state index contributed by atoms with van der Waals surface area (Å²) in [7, 11) is 0. The van der Waals surface area contributed by atoms with Crippen molar-refractivity contribution in [3.63, 3.8) is 0 Å². The van der Waals surface area contributed by atoms with Gasteiger partial charge in [-0.1, -0.05) is 12.1 Å². The SMILES string of the molecule is O=Cc1cc(Br)c(OCc2ccc(F)cc2)c(I)c1. The van der Waals surface area contributed by atoms with Gasteiger partial charge in [0.15, 0.2) is 0 Å². The van der Waals surface area contributed by atoms with Crippen LogP contribution in [0.4, 0.5) is 4.39 Å². The highest BCUT2D eigenvalue weighted by Crippen LogP contribution is 2.32. The van der Waals surface area contributed by atoms with Gasteiger partial charge in [-0.05, 0) is 68.3 Å². The molecule has 2 aromatic rings. The number of carbonyl (C=O) groups is 1. The van der Waals surface area contributed by atoms with Gasteiger partial charge in [0.1, 0.15) is 24.5 Å². The molecule has 2 nitrogen and oxygen atoms in total. The smallest absolute Gasteiger partial charge is 0.150 e. The summed E-state index contributed by atoms with van der Waals surface area (Å²) in [4.78, 5) is 10.7. The fourth-order valence-electron chi connectivity index (χ4n) is 1.52. The van der Waals surface area contributed by atoms with Crippen molar-refractivity contribution < 1.29 is 13.9 Å². The highest BCUT2D eigenvalue weighted by Gasteiger charge is 2.09. The average Bonchev–Trinajstić information content (AvgIpc) is 2.39. The number of carbonyl (C=O) groups excluding carboxylic acids is 1. The van der Waals surface area contributed by atoms with Gasteiger partial charge in [-0.3, -0.25) is 4.79 Å². The van der Waals surface area contributed by atoms with Crippen LogP contribution in [0.1, 0.15) is 15.9 Å². The molecule has 0 saturated carbocycles. The van der Waals surface area contributed by atoms with E-state index >= 15 is 0 Å². The van der Waals surface area contributed by atoms with Crippen molar-refractivity contribution in [2.45, 2.75) is 6.61 Å². The number of ether oxygens (including phenoxy) is 1. The van der Waals surface area contributed by atoms with Crippen molar-refractivity contribution >= 4 is 44.8 Å². The van der Waals surface area contributed by atoms with Crippen LogP contribution in [0.15, 0.2) is 40.9 Å². The van der Waals surface area contributed by atoms with E-state index in [1.165, 1.54) is 12.1 Å². The Morgan fingerprint density at radius 1 is 1.26 bits per heavy atom. The second kappa shape index (κ2) is 6.47. The van der Waals surface area contributed by atoms with Crippen LogP contribution in [-0.4, -0.2) is 6.29 Å². The molecule has 0 saturated heterocycles. The Bertz CT molecular complexity index is 576. The number of hydrogen-bond donors (Lipinski definition) is 0. The second-order valence-electron chi connectivity index (χ2n) is 3.85. The minimum Gasteiger partial charge on any atom is -0.487 e. The first kappa shape index (κ1) is 14.5. The lowest BCUT2D eigenvalue weighted by atomic mass is 10.2. The van der Waals surface area contributed by atoms with Crippen molar-refractivity contribution in [2.24, 2.45) is 0 Å². The Balaban J connectivity index is 2.15. The van der Waals surface area contributed by atoms with Gasteiger partial charge in [0.25, 0.3) is 0 Å². The van der Waals surface area contributed by atoms with E-state index in [1.54, 1.807) is 24.3 Å². The fourth-order valence-corrected chi connectivity index (χ4v) is 3.29. The quantitative estimate of drug-likeness (QED) is 0.520. The Morgan fingerprint density at radius 3 is 2.53 bits per heavy atom. The zero-order valence-electron chi connectivity index (χ0n) is 9.70. The molecule has 5 heteroatoms. The van der Waals surface area contributed by atoms with Gasteiger partial charge in [-0.15, -0.1) is 0 Å². The van der Waals surface area contributed by atoms with E-state index in [2.05, 4.69) is 38.5 Å². The second-order valence-corrected chi connectivity index (χ2v) is 5.86. The zero-order valence-corrected chi connectivity index (χ0v) is 13.4. The van der Waals surface area contributed by atoms with Gasteiger partial charge in [0, 0.05) is 5.56 Å². The summed E-state index contributed by atoms with van der Waals surface area (Å²) in [5.41, 5.74) is 1.47. The molecule has 0 amide bonds. The zero-order chi connectivity index (χ0) is 13.8. The summed E-state index contributed by atoms with van der Waals surface area (Å²) in [5.74, 6) is 0.408. The largest absolute Gasteiger partial charge is 0.487 e. The summed E-state index contributed by atoms with van der Waals surface area (Å²) in [5, 5.41) is 0. The minimum atomic E-state index is -0.269. The Labute approximate surface area is 132 Å². The Morgan fingerprint density at radius 2 is 1.95 bits per heavy atom. The first-order valence-corrected chi connectivity index (χ1v) is 7.29. The van der Waals surface area contributed by atoms with E-state index < -0.39 is 0 Å². The normalized spacial score (nSPS) is 10.3. The average molecular weight is 435 g/mol. The topological polar surface area (TPSA) is 26.3 Å². The third-order valence-electron chi connectivity index (χ3n) is 2.45. The van der Waals surface area contributed by atoms with Crippen LogP contribution < -0.4 is 4.74 Å². The lowest BCUT2D eigenvalue weighted by Crippen LogP contribution is -1.99. The molecule has 0 N–H and O–H groups in total.